The van der Waals surface area contributed by atoms with Gasteiger partial charge in [-0.2, -0.15) is 0 Å². The lowest BCUT2D eigenvalue weighted by Crippen LogP contribution is -2.34. The third-order valence-electron chi connectivity index (χ3n) is 4.44. The van der Waals surface area contributed by atoms with Gasteiger partial charge in [0.1, 0.15) is 0 Å². The Morgan fingerprint density at radius 3 is 2.60 bits per heavy atom. The Labute approximate surface area is 122 Å². The van der Waals surface area contributed by atoms with Gasteiger partial charge in [0, 0.05) is 31.5 Å². The van der Waals surface area contributed by atoms with Crippen molar-refractivity contribution in [2.45, 2.75) is 71.5 Å². The summed E-state index contributed by atoms with van der Waals surface area (Å²) in [7, 11) is 0. The Kier molecular flexibility index (Phi) is 5.89. The summed E-state index contributed by atoms with van der Waals surface area (Å²) in [6.07, 6.45) is 11.1. The smallest absolute Gasteiger partial charge is 0.314 e. The number of aryl methyl sites for hydroxylation is 2. The minimum Gasteiger partial charge on any atom is -0.314 e. The Morgan fingerprint density at radius 1 is 1.15 bits per heavy atom. The summed E-state index contributed by atoms with van der Waals surface area (Å²) in [6.45, 7) is 7.13. The second-order valence-electron chi connectivity index (χ2n) is 6.01. The first-order chi connectivity index (χ1) is 9.76. The minimum atomic E-state index is 0.155. The van der Waals surface area contributed by atoms with Crippen LogP contribution in [0.3, 0.4) is 0 Å². The van der Waals surface area contributed by atoms with Crippen molar-refractivity contribution in [1.29, 1.82) is 0 Å². The van der Waals surface area contributed by atoms with Crippen molar-refractivity contribution in [3.8, 4) is 0 Å². The van der Waals surface area contributed by atoms with Crippen LogP contribution in [-0.4, -0.2) is 21.7 Å². The largest absolute Gasteiger partial charge is 0.328 e. The summed E-state index contributed by atoms with van der Waals surface area (Å²) in [5.41, 5.74) is 0.155. The first-order valence-electron chi connectivity index (χ1n) is 8.25. The molecule has 4 heteroatoms. The number of imidazole rings is 1. The predicted molar refractivity (Wildman–Crippen MR) is 83.0 cm³/mol. The van der Waals surface area contributed by atoms with Gasteiger partial charge in [0.2, 0.25) is 0 Å². The fraction of sp³-hybridized carbons (Fsp3) is 0.812. The van der Waals surface area contributed by atoms with Crippen molar-refractivity contribution in [3.63, 3.8) is 0 Å². The van der Waals surface area contributed by atoms with Crippen LogP contribution in [0.1, 0.15) is 52.4 Å². The molecule has 1 aliphatic carbocycles. The molecule has 1 fully saturated rings. The lowest BCUT2D eigenvalue weighted by Gasteiger charge is -2.20. The van der Waals surface area contributed by atoms with E-state index >= 15 is 0 Å². The standard InChI is InChI=1S/C16H29N3O/c1-3-9-17-15-7-5-6-14(15)8-11-19-13-12-18(10-4-2)16(19)20/h12-15,17H,3-11H2,1-2H3. The molecular formula is C16H29N3O. The summed E-state index contributed by atoms with van der Waals surface area (Å²) in [5, 5.41) is 3.67. The first-order valence-corrected chi connectivity index (χ1v) is 8.25. The third kappa shape index (κ3) is 3.75. The van der Waals surface area contributed by atoms with Crippen molar-refractivity contribution in [2.75, 3.05) is 6.54 Å². The zero-order chi connectivity index (χ0) is 14.4. The number of nitrogens with one attached hydrogen (secondary N) is 1. The van der Waals surface area contributed by atoms with E-state index in [9.17, 15) is 4.79 Å². The molecule has 0 aliphatic heterocycles. The van der Waals surface area contributed by atoms with Gasteiger partial charge in [-0.1, -0.05) is 20.3 Å². The average molecular weight is 279 g/mol. The summed E-state index contributed by atoms with van der Waals surface area (Å²) in [4.78, 5) is 12.1. The Bertz CT molecular complexity index is 449. The highest BCUT2D eigenvalue weighted by Crippen LogP contribution is 2.28. The van der Waals surface area contributed by atoms with Crippen LogP contribution in [0.2, 0.25) is 0 Å². The molecule has 0 radical (unpaired) electrons. The van der Waals surface area contributed by atoms with Gasteiger partial charge in [-0.25, -0.2) is 4.79 Å². The molecule has 0 aromatic carbocycles. The Morgan fingerprint density at radius 2 is 1.90 bits per heavy atom. The van der Waals surface area contributed by atoms with Crippen LogP contribution in [0.5, 0.6) is 0 Å². The van der Waals surface area contributed by atoms with Gasteiger partial charge >= 0.3 is 5.69 Å². The highest BCUT2D eigenvalue weighted by molar-refractivity contribution is 4.85. The number of rotatable bonds is 8. The van der Waals surface area contributed by atoms with E-state index in [1.807, 2.05) is 21.5 Å². The lowest BCUT2D eigenvalue weighted by molar-refractivity contribution is 0.359. The van der Waals surface area contributed by atoms with Gasteiger partial charge in [-0.15, -0.1) is 0 Å². The topological polar surface area (TPSA) is 39.0 Å². The lowest BCUT2D eigenvalue weighted by atomic mass is 9.99. The monoisotopic (exact) mass is 279 g/mol. The molecule has 1 N–H and O–H groups in total. The SMILES string of the molecule is CCCNC1CCCC1CCn1ccn(CCC)c1=O. The molecule has 1 aromatic rings. The van der Waals surface area contributed by atoms with Crippen LogP contribution in [0.25, 0.3) is 0 Å². The zero-order valence-electron chi connectivity index (χ0n) is 13.0. The van der Waals surface area contributed by atoms with Crippen LogP contribution in [0, 0.1) is 5.92 Å². The number of nitrogens with zero attached hydrogens (tertiary/aromatic N) is 2. The Hall–Kier alpha value is -1.03. The van der Waals surface area contributed by atoms with Crippen molar-refractivity contribution < 1.29 is 0 Å². The number of aromatic nitrogens is 2. The molecular weight excluding hydrogens is 250 g/mol. The molecule has 114 valence electrons. The summed E-state index contributed by atoms with van der Waals surface area (Å²) in [5.74, 6) is 0.739. The molecule has 0 amide bonds. The maximum Gasteiger partial charge on any atom is 0.328 e. The molecule has 1 heterocycles. The maximum atomic E-state index is 12.1. The third-order valence-corrected chi connectivity index (χ3v) is 4.44. The number of hydrogen-bond acceptors (Lipinski definition) is 2. The predicted octanol–water partition coefficient (Wildman–Crippen LogP) is 2.62. The summed E-state index contributed by atoms with van der Waals surface area (Å²) < 4.78 is 3.70. The van der Waals surface area contributed by atoms with Crippen molar-refractivity contribution in [1.82, 2.24) is 14.5 Å². The van der Waals surface area contributed by atoms with Crippen LogP contribution in [-0.2, 0) is 13.1 Å². The fourth-order valence-corrected chi connectivity index (χ4v) is 3.32. The molecule has 4 nitrogen and oxygen atoms in total. The zero-order valence-corrected chi connectivity index (χ0v) is 13.0. The van der Waals surface area contributed by atoms with Gasteiger partial charge in [-0.3, -0.25) is 9.13 Å². The second kappa shape index (κ2) is 7.67. The van der Waals surface area contributed by atoms with E-state index in [0.717, 1.165) is 38.4 Å². The van der Waals surface area contributed by atoms with Gasteiger partial charge in [0.25, 0.3) is 0 Å². The second-order valence-corrected chi connectivity index (χ2v) is 6.01. The van der Waals surface area contributed by atoms with Crippen LogP contribution >= 0.6 is 0 Å². The molecule has 0 bridgehead atoms. The first kappa shape index (κ1) is 15.4. The molecule has 1 aromatic heterocycles. The van der Waals surface area contributed by atoms with E-state index in [1.165, 1.54) is 25.7 Å². The average Bonchev–Trinajstić information content (AvgIpc) is 3.03. The molecule has 20 heavy (non-hydrogen) atoms. The summed E-state index contributed by atoms with van der Waals surface area (Å²) in [6, 6.07) is 0.670. The van der Waals surface area contributed by atoms with Crippen LogP contribution in [0.4, 0.5) is 0 Å². The van der Waals surface area contributed by atoms with E-state index < -0.39 is 0 Å². The van der Waals surface area contributed by atoms with Crippen molar-refractivity contribution in [2.24, 2.45) is 5.92 Å². The molecule has 2 unspecified atom stereocenters. The van der Waals surface area contributed by atoms with Gasteiger partial charge in [-0.05, 0) is 44.6 Å². The van der Waals surface area contributed by atoms with Gasteiger partial charge < -0.3 is 5.32 Å². The van der Waals surface area contributed by atoms with Crippen LogP contribution in [0.15, 0.2) is 17.2 Å². The quantitative estimate of drug-likeness (QED) is 0.794. The Balaban J connectivity index is 1.86. The molecule has 2 atom stereocenters. The van der Waals surface area contributed by atoms with Crippen molar-refractivity contribution in [3.05, 3.63) is 22.9 Å². The molecule has 0 spiro atoms. The highest BCUT2D eigenvalue weighted by atomic mass is 16.1. The number of hydrogen-bond donors (Lipinski definition) is 1. The van der Waals surface area contributed by atoms with Gasteiger partial charge in [0.15, 0.2) is 0 Å². The summed E-state index contributed by atoms with van der Waals surface area (Å²) >= 11 is 0. The van der Waals surface area contributed by atoms with Crippen molar-refractivity contribution >= 4 is 0 Å². The molecule has 1 saturated carbocycles. The van der Waals surface area contributed by atoms with E-state index in [-0.39, 0.29) is 5.69 Å². The van der Waals surface area contributed by atoms with E-state index in [0.29, 0.717) is 6.04 Å². The molecule has 2 rings (SSSR count). The maximum absolute atomic E-state index is 12.1. The molecule has 0 saturated heterocycles. The highest BCUT2D eigenvalue weighted by Gasteiger charge is 2.26. The normalized spacial score (nSPS) is 22.5. The van der Waals surface area contributed by atoms with Crippen LogP contribution < -0.4 is 11.0 Å². The van der Waals surface area contributed by atoms with E-state index in [4.69, 9.17) is 0 Å². The fourth-order valence-electron chi connectivity index (χ4n) is 3.32. The van der Waals surface area contributed by atoms with E-state index in [1.54, 1.807) is 0 Å². The van der Waals surface area contributed by atoms with Gasteiger partial charge in [0.05, 0.1) is 0 Å². The molecule has 1 aliphatic rings. The van der Waals surface area contributed by atoms with E-state index in [2.05, 4.69) is 19.2 Å². The minimum absolute atomic E-state index is 0.155.